The second kappa shape index (κ2) is 7.42. The van der Waals surface area contributed by atoms with Crippen molar-refractivity contribution in [3.8, 4) is 0 Å². The number of aromatic nitrogens is 1. The summed E-state index contributed by atoms with van der Waals surface area (Å²) in [7, 11) is 0. The zero-order chi connectivity index (χ0) is 19.1. The van der Waals surface area contributed by atoms with Gasteiger partial charge in [0.25, 0.3) is 11.8 Å². The molecule has 1 unspecified atom stereocenters. The van der Waals surface area contributed by atoms with Crippen LogP contribution in [-0.4, -0.2) is 78.6 Å². The Balaban J connectivity index is 1.30. The maximum Gasteiger partial charge on any atom is 0.270 e. The molecular formula is C20H24N4O3S. The van der Waals surface area contributed by atoms with Crippen LogP contribution in [0.15, 0.2) is 18.3 Å². The number of pyridine rings is 1. The molecule has 148 valence electrons. The SMILES string of the molecule is O=C(N[C@@H]1C[C@@H]2CCN(C2)C1)c1cc2sc(C(=O)N3CCOCC3)cc2cn1. The standard InChI is InChI=1S/C20H24N4O3S/c25-19(22-15-7-13-1-2-23(11-13)12-15)16-9-17-14(10-21-16)8-18(28-17)20(26)24-3-5-27-6-4-24/h8-10,13,15H,1-7,11-12H2,(H,22,25)/t13-,15+/m0/s1. The number of nitrogens with one attached hydrogen (secondary N) is 1. The maximum absolute atomic E-state index is 12.7. The number of fused-ring (bicyclic) bond motifs is 3. The minimum absolute atomic E-state index is 0.0298. The molecule has 3 aliphatic heterocycles. The van der Waals surface area contributed by atoms with E-state index >= 15 is 0 Å². The number of piperidine rings is 1. The van der Waals surface area contributed by atoms with Crippen LogP contribution in [0.1, 0.15) is 33.0 Å². The van der Waals surface area contributed by atoms with E-state index < -0.39 is 0 Å². The Morgan fingerprint density at radius 3 is 2.86 bits per heavy atom. The van der Waals surface area contributed by atoms with Gasteiger partial charge in [0.1, 0.15) is 5.69 Å². The van der Waals surface area contributed by atoms with Gasteiger partial charge in [-0.1, -0.05) is 0 Å². The van der Waals surface area contributed by atoms with Crippen LogP contribution in [0.3, 0.4) is 0 Å². The maximum atomic E-state index is 12.7. The Bertz CT molecular complexity index is 896. The molecule has 28 heavy (non-hydrogen) atoms. The molecule has 3 fully saturated rings. The number of carbonyl (C=O) groups excluding carboxylic acids is 2. The van der Waals surface area contributed by atoms with Crippen LogP contribution in [0.2, 0.25) is 0 Å². The summed E-state index contributed by atoms with van der Waals surface area (Å²) in [4.78, 5) is 34.7. The molecule has 2 amide bonds. The van der Waals surface area contributed by atoms with Crippen LogP contribution in [0.4, 0.5) is 0 Å². The number of hydrogen-bond acceptors (Lipinski definition) is 6. The van der Waals surface area contributed by atoms with Gasteiger partial charge in [0.15, 0.2) is 0 Å². The van der Waals surface area contributed by atoms with Gasteiger partial charge in [0.05, 0.1) is 18.1 Å². The molecule has 0 radical (unpaired) electrons. The molecule has 0 spiro atoms. The third-order valence-electron chi connectivity index (χ3n) is 5.94. The minimum atomic E-state index is -0.121. The summed E-state index contributed by atoms with van der Waals surface area (Å²) in [5.74, 6) is 0.617. The first-order valence-electron chi connectivity index (χ1n) is 9.95. The summed E-state index contributed by atoms with van der Waals surface area (Å²) >= 11 is 1.43. The van der Waals surface area contributed by atoms with E-state index in [4.69, 9.17) is 4.74 Å². The molecular weight excluding hydrogens is 376 g/mol. The Morgan fingerprint density at radius 1 is 1.18 bits per heavy atom. The van der Waals surface area contributed by atoms with Gasteiger partial charge in [0, 0.05) is 48.5 Å². The van der Waals surface area contributed by atoms with Crippen molar-refractivity contribution in [2.45, 2.75) is 18.9 Å². The highest BCUT2D eigenvalue weighted by Gasteiger charge is 2.33. The number of carbonyl (C=O) groups is 2. The van der Waals surface area contributed by atoms with E-state index in [2.05, 4.69) is 15.2 Å². The zero-order valence-electron chi connectivity index (χ0n) is 15.7. The highest BCUT2D eigenvalue weighted by molar-refractivity contribution is 7.20. The molecule has 2 bridgehead atoms. The van der Waals surface area contributed by atoms with Crippen molar-refractivity contribution in [1.82, 2.24) is 20.1 Å². The summed E-state index contributed by atoms with van der Waals surface area (Å²) in [6.07, 6.45) is 4.00. The smallest absolute Gasteiger partial charge is 0.270 e. The Morgan fingerprint density at radius 2 is 2.04 bits per heavy atom. The predicted molar refractivity (Wildman–Crippen MR) is 107 cm³/mol. The monoisotopic (exact) mass is 400 g/mol. The summed E-state index contributed by atoms with van der Waals surface area (Å²) in [5, 5.41) is 4.06. The Labute approximate surface area is 167 Å². The summed E-state index contributed by atoms with van der Waals surface area (Å²) in [6.45, 7) is 5.67. The average molecular weight is 401 g/mol. The first kappa shape index (κ1) is 18.0. The van der Waals surface area contributed by atoms with Gasteiger partial charge in [0.2, 0.25) is 0 Å². The minimum Gasteiger partial charge on any atom is -0.378 e. The van der Waals surface area contributed by atoms with E-state index in [0.29, 0.717) is 42.8 Å². The number of morpholine rings is 1. The van der Waals surface area contributed by atoms with E-state index in [0.717, 1.165) is 29.6 Å². The average Bonchev–Trinajstić information content (AvgIpc) is 3.30. The van der Waals surface area contributed by atoms with Gasteiger partial charge in [-0.15, -0.1) is 11.3 Å². The Hall–Kier alpha value is -2.03. The number of hydrogen-bond donors (Lipinski definition) is 1. The molecule has 8 heteroatoms. The van der Waals surface area contributed by atoms with E-state index in [-0.39, 0.29) is 17.9 Å². The molecule has 5 heterocycles. The van der Waals surface area contributed by atoms with E-state index in [1.807, 2.05) is 17.0 Å². The normalized spacial score (nSPS) is 27.1. The quantitative estimate of drug-likeness (QED) is 0.847. The van der Waals surface area contributed by atoms with Crippen molar-refractivity contribution in [3.63, 3.8) is 0 Å². The van der Waals surface area contributed by atoms with Crippen LogP contribution in [0.5, 0.6) is 0 Å². The van der Waals surface area contributed by atoms with Crippen LogP contribution in [-0.2, 0) is 4.74 Å². The topological polar surface area (TPSA) is 74.8 Å². The Kier molecular flexibility index (Phi) is 4.78. The summed E-state index contributed by atoms with van der Waals surface area (Å²) in [5.41, 5.74) is 0.424. The lowest BCUT2D eigenvalue weighted by molar-refractivity contribution is 0.0306. The van der Waals surface area contributed by atoms with Crippen molar-refractivity contribution >= 4 is 33.2 Å². The highest BCUT2D eigenvalue weighted by Crippen LogP contribution is 2.28. The third kappa shape index (κ3) is 3.52. The fraction of sp³-hybridized carbons (Fsp3) is 0.550. The molecule has 0 aromatic carbocycles. The van der Waals surface area contributed by atoms with Crippen LogP contribution < -0.4 is 5.32 Å². The molecule has 2 aromatic rings. The molecule has 1 N–H and O–H groups in total. The molecule has 3 saturated heterocycles. The number of rotatable bonds is 3. The summed E-state index contributed by atoms with van der Waals surface area (Å²) in [6, 6.07) is 3.88. The second-order valence-corrected chi connectivity index (χ2v) is 9.03. The van der Waals surface area contributed by atoms with Crippen molar-refractivity contribution < 1.29 is 14.3 Å². The number of nitrogens with zero attached hydrogens (tertiary/aromatic N) is 3. The lowest BCUT2D eigenvalue weighted by Gasteiger charge is -2.30. The van der Waals surface area contributed by atoms with Gasteiger partial charge in [-0.05, 0) is 37.4 Å². The molecule has 0 saturated carbocycles. The lowest BCUT2D eigenvalue weighted by Crippen LogP contribution is -2.47. The molecule has 0 aliphatic carbocycles. The predicted octanol–water partition coefficient (Wildman–Crippen LogP) is 1.59. The first-order valence-corrected chi connectivity index (χ1v) is 10.8. The fourth-order valence-electron chi connectivity index (χ4n) is 4.51. The molecule has 5 rings (SSSR count). The van der Waals surface area contributed by atoms with Crippen molar-refractivity contribution in [2.75, 3.05) is 45.9 Å². The van der Waals surface area contributed by atoms with E-state index in [9.17, 15) is 9.59 Å². The lowest BCUT2D eigenvalue weighted by atomic mass is 9.97. The van der Waals surface area contributed by atoms with Gasteiger partial charge in [-0.3, -0.25) is 14.6 Å². The first-order chi connectivity index (χ1) is 13.7. The zero-order valence-corrected chi connectivity index (χ0v) is 16.5. The molecule has 2 aromatic heterocycles. The summed E-state index contributed by atoms with van der Waals surface area (Å²) < 4.78 is 6.24. The van der Waals surface area contributed by atoms with Gasteiger partial charge in [-0.2, -0.15) is 0 Å². The number of ether oxygens (including phenoxy) is 1. The number of thiophene rings is 1. The van der Waals surface area contributed by atoms with Crippen molar-refractivity contribution in [2.24, 2.45) is 5.92 Å². The van der Waals surface area contributed by atoms with Crippen molar-refractivity contribution in [3.05, 3.63) is 28.9 Å². The van der Waals surface area contributed by atoms with Gasteiger partial charge < -0.3 is 19.9 Å². The van der Waals surface area contributed by atoms with Crippen LogP contribution in [0, 0.1) is 5.92 Å². The number of amides is 2. The largest absolute Gasteiger partial charge is 0.378 e. The van der Waals surface area contributed by atoms with Crippen LogP contribution in [0.25, 0.3) is 10.1 Å². The van der Waals surface area contributed by atoms with E-state index in [1.54, 1.807) is 6.20 Å². The van der Waals surface area contributed by atoms with Gasteiger partial charge in [-0.25, -0.2) is 0 Å². The molecule has 3 aliphatic rings. The highest BCUT2D eigenvalue weighted by atomic mass is 32.1. The van der Waals surface area contributed by atoms with E-state index in [1.165, 1.54) is 24.3 Å². The van der Waals surface area contributed by atoms with Crippen molar-refractivity contribution in [1.29, 1.82) is 0 Å². The third-order valence-corrected chi connectivity index (χ3v) is 7.03. The van der Waals surface area contributed by atoms with Gasteiger partial charge >= 0.3 is 0 Å². The molecule has 3 atom stereocenters. The second-order valence-electron chi connectivity index (χ2n) is 7.94. The fourth-order valence-corrected chi connectivity index (χ4v) is 5.55. The van der Waals surface area contributed by atoms with Crippen LogP contribution >= 0.6 is 11.3 Å². The molecule has 7 nitrogen and oxygen atoms in total.